The zero-order valence-electron chi connectivity index (χ0n) is 13.9. The van der Waals surface area contributed by atoms with E-state index in [1.54, 1.807) is 0 Å². The lowest BCUT2D eigenvalue weighted by Gasteiger charge is -2.13. The summed E-state index contributed by atoms with van der Waals surface area (Å²) in [6.07, 6.45) is 2.78. The van der Waals surface area contributed by atoms with Crippen LogP contribution in [0.4, 0.5) is 0 Å². The van der Waals surface area contributed by atoms with Crippen LogP contribution in [0.25, 0.3) is 6.08 Å². The Morgan fingerprint density at radius 2 is 1.60 bits per heavy atom. The molecule has 6 nitrogen and oxygen atoms in total. The maximum Gasteiger partial charge on any atom is 0.203 e. The summed E-state index contributed by atoms with van der Waals surface area (Å²) in [5, 5.41) is 19.0. The van der Waals surface area contributed by atoms with E-state index in [1.165, 1.54) is 57.7 Å². The van der Waals surface area contributed by atoms with Gasteiger partial charge in [-0.25, -0.2) is 0 Å². The van der Waals surface area contributed by atoms with Crippen LogP contribution in [0.5, 0.6) is 28.7 Å². The van der Waals surface area contributed by atoms with Crippen molar-refractivity contribution in [1.29, 1.82) is 0 Å². The number of carbonyl (C=O) groups is 1. The Balaban J connectivity index is 2.35. The standard InChI is InChI=1S/C18H17ClO6/c1-23-15-8-11(9-16(24-2)18(15)25-3)13(20)5-4-10-6-12(19)17(22)14(21)7-10/h4-9,21-22H,1-3H3. The van der Waals surface area contributed by atoms with Crippen LogP contribution in [0.15, 0.2) is 30.3 Å². The van der Waals surface area contributed by atoms with E-state index in [4.69, 9.17) is 25.8 Å². The van der Waals surface area contributed by atoms with E-state index in [1.807, 2.05) is 0 Å². The van der Waals surface area contributed by atoms with Gasteiger partial charge in [0.2, 0.25) is 5.75 Å². The summed E-state index contributed by atoms with van der Waals surface area (Å²) in [7, 11) is 4.40. The quantitative estimate of drug-likeness (QED) is 0.462. The minimum atomic E-state index is -0.408. The number of methoxy groups -OCH3 is 3. The molecular weight excluding hydrogens is 348 g/mol. The number of rotatable bonds is 6. The number of hydrogen-bond acceptors (Lipinski definition) is 6. The zero-order chi connectivity index (χ0) is 18.6. The molecule has 0 unspecified atom stereocenters. The summed E-state index contributed by atoms with van der Waals surface area (Å²) in [5.41, 5.74) is 0.793. The minimum Gasteiger partial charge on any atom is -0.504 e. The lowest BCUT2D eigenvalue weighted by Crippen LogP contribution is -2.00. The first-order chi connectivity index (χ1) is 11.9. The van der Waals surface area contributed by atoms with E-state index in [-0.39, 0.29) is 16.6 Å². The van der Waals surface area contributed by atoms with Crippen molar-refractivity contribution in [2.75, 3.05) is 21.3 Å². The summed E-state index contributed by atoms with van der Waals surface area (Å²) < 4.78 is 15.6. The SMILES string of the molecule is COc1cc(C(=O)C=Cc2cc(O)c(O)c(Cl)c2)cc(OC)c1OC. The first-order valence-corrected chi connectivity index (χ1v) is 7.53. The molecule has 0 fully saturated rings. The van der Waals surface area contributed by atoms with Gasteiger partial charge in [-0.3, -0.25) is 4.79 Å². The van der Waals surface area contributed by atoms with Gasteiger partial charge in [-0.15, -0.1) is 0 Å². The van der Waals surface area contributed by atoms with Gasteiger partial charge in [0.1, 0.15) is 0 Å². The van der Waals surface area contributed by atoms with Gasteiger partial charge in [0, 0.05) is 5.56 Å². The lowest BCUT2D eigenvalue weighted by atomic mass is 10.1. The maximum absolute atomic E-state index is 12.4. The van der Waals surface area contributed by atoms with Gasteiger partial charge in [-0.05, 0) is 35.9 Å². The number of benzene rings is 2. The molecule has 0 atom stereocenters. The third-order valence-electron chi connectivity index (χ3n) is 3.44. The fraction of sp³-hybridized carbons (Fsp3) is 0.167. The number of halogens is 1. The highest BCUT2D eigenvalue weighted by Gasteiger charge is 2.15. The second-order valence-corrected chi connectivity index (χ2v) is 5.39. The lowest BCUT2D eigenvalue weighted by molar-refractivity contribution is 0.104. The van der Waals surface area contributed by atoms with Gasteiger partial charge < -0.3 is 24.4 Å². The molecule has 2 aromatic rings. The maximum atomic E-state index is 12.4. The van der Waals surface area contributed by atoms with Crippen LogP contribution in [-0.4, -0.2) is 37.3 Å². The van der Waals surface area contributed by atoms with Crippen LogP contribution >= 0.6 is 11.6 Å². The van der Waals surface area contributed by atoms with Crippen LogP contribution in [0.2, 0.25) is 5.02 Å². The van der Waals surface area contributed by atoms with Crippen molar-refractivity contribution < 1.29 is 29.2 Å². The second-order valence-electron chi connectivity index (χ2n) is 4.98. The number of carbonyl (C=O) groups excluding carboxylic acids is 1. The number of aromatic hydroxyl groups is 2. The normalized spacial score (nSPS) is 10.7. The molecule has 2 N–H and O–H groups in total. The molecule has 25 heavy (non-hydrogen) atoms. The van der Waals surface area contributed by atoms with Crippen molar-refractivity contribution in [2.45, 2.75) is 0 Å². The van der Waals surface area contributed by atoms with Gasteiger partial charge in [0.25, 0.3) is 0 Å². The van der Waals surface area contributed by atoms with Crippen LogP contribution in [-0.2, 0) is 0 Å². The minimum absolute atomic E-state index is 0.0140. The fourth-order valence-corrected chi connectivity index (χ4v) is 2.42. The Bertz CT molecular complexity index is 780. The molecule has 0 saturated carbocycles. The summed E-state index contributed by atoms with van der Waals surface area (Å²) >= 11 is 5.79. The van der Waals surface area contributed by atoms with E-state index < -0.39 is 5.75 Å². The Morgan fingerprint density at radius 3 is 2.08 bits per heavy atom. The van der Waals surface area contributed by atoms with Crippen molar-refractivity contribution in [1.82, 2.24) is 0 Å². The van der Waals surface area contributed by atoms with Crippen LogP contribution in [0.1, 0.15) is 15.9 Å². The zero-order valence-corrected chi connectivity index (χ0v) is 14.6. The molecule has 0 bridgehead atoms. The molecule has 0 saturated heterocycles. The molecule has 0 aliphatic carbocycles. The van der Waals surface area contributed by atoms with E-state index in [0.29, 0.717) is 28.4 Å². The molecule has 7 heteroatoms. The predicted molar refractivity (Wildman–Crippen MR) is 94.2 cm³/mol. The van der Waals surface area contributed by atoms with Crippen molar-refractivity contribution in [3.8, 4) is 28.7 Å². The molecule has 2 aromatic carbocycles. The van der Waals surface area contributed by atoms with Crippen molar-refractivity contribution >= 4 is 23.5 Å². The highest BCUT2D eigenvalue weighted by atomic mass is 35.5. The van der Waals surface area contributed by atoms with Crippen LogP contribution < -0.4 is 14.2 Å². The number of ketones is 1. The van der Waals surface area contributed by atoms with E-state index in [2.05, 4.69) is 0 Å². The molecule has 0 spiro atoms. The Kier molecular flexibility index (Phi) is 5.77. The predicted octanol–water partition coefficient (Wildman–Crippen LogP) is 3.67. The van der Waals surface area contributed by atoms with E-state index in [0.717, 1.165) is 0 Å². The Hall–Kier alpha value is -2.86. The molecule has 0 aliphatic heterocycles. The average Bonchev–Trinajstić information content (AvgIpc) is 2.62. The van der Waals surface area contributed by atoms with E-state index >= 15 is 0 Å². The van der Waals surface area contributed by atoms with E-state index in [9.17, 15) is 15.0 Å². The molecular formula is C18H17ClO6. The van der Waals surface area contributed by atoms with Gasteiger partial charge in [-0.2, -0.15) is 0 Å². The van der Waals surface area contributed by atoms with Gasteiger partial charge >= 0.3 is 0 Å². The summed E-state index contributed by atoms with van der Waals surface area (Å²) in [5.74, 6) is 0.0266. The molecule has 0 aliphatic rings. The van der Waals surface area contributed by atoms with Gasteiger partial charge in [0.15, 0.2) is 28.8 Å². The summed E-state index contributed by atoms with van der Waals surface area (Å²) in [6, 6.07) is 5.79. The van der Waals surface area contributed by atoms with Gasteiger partial charge in [0.05, 0.1) is 26.4 Å². The summed E-state index contributed by atoms with van der Waals surface area (Å²) in [6.45, 7) is 0. The third-order valence-corrected chi connectivity index (χ3v) is 3.73. The topological polar surface area (TPSA) is 85.2 Å². The highest BCUT2D eigenvalue weighted by Crippen LogP contribution is 2.38. The monoisotopic (exact) mass is 364 g/mol. The highest BCUT2D eigenvalue weighted by molar-refractivity contribution is 6.32. The van der Waals surface area contributed by atoms with Crippen LogP contribution in [0, 0.1) is 0 Å². The van der Waals surface area contributed by atoms with Crippen LogP contribution in [0.3, 0.4) is 0 Å². The van der Waals surface area contributed by atoms with Gasteiger partial charge in [-0.1, -0.05) is 17.7 Å². The molecule has 2 rings (SSSR count). The van der Waals surface area contributed by atoms with Crippen molar-refractivity contribution in [3.05, 3.63) is 46.5 Å². The summed E-state index contributed by atoms with van der Waals surface area (Å²) in [4.78, 5) is 12.4. The number of phenols is 2. The number of allylic oxidation sites excluding steroid dienone is 1. The first kappa shape index (κ1) is 18.5. The van der Waals surface area contributed by atoms with Crippen molar-refractivity contribution in [3.63, 3.8) is 0 Å². The number of hydrogen-bond donors (Lipinski definition) is 2. The molecule has 0 radical (unpaired) electrons. The molecule has 132 valence electrons. The second kappa shape index (κ2) is 7.81. The first-order valence-electron chi connectivity index (χ1n) is 7.15. The number of phenolic OH excluding ortho intramolecular Hbond substituents is 2. The molecule has 0 heterocycles. The number of ether oxygens (including phenoxy) is 3. The Labute approximate surface area is 149 Å². The fourth-order valence-electron chi connectivity index (χ4n) is 2.19. The average molecular weight is 365 g/mol. The largest absolute Gasteiger partial charge is 0.504 e. The molecule has 0 amide bonds. The smallest absolute Gasteiger partial charge is 0.203 e. The Morgan fingerprint density at radius 1 is 1.00 bits per heavy atom. The third kappa shape index (κ3) is 3.97. The molecule has 0 aromatic heterocycles. The van der Waals surface area contributed by atoms with Crippen molar-refractivity contribution in [2.24, 2.45) is 0 Å².